The van der Waals surface area contributed by atoms with Gasteiger partial charge in [0.15, 0.2) is 0 Å². The molecule has 3 aliphatic rings. The van der Waals surface area contributed by atoms with Gasteiger partial charge in [-0.3, -0.25) is 9.78 Å². The molecular weight excluding hydrogens is 412 g/mol. The molecule has 0 radical (unpaired) electrons. The minimum Gasteiger partial charge on any atom is -0.385 e. The zero-order valence-electron chi connectivity index (χ0n) is 19.4. The topological polar surface area (TPSA) is 82.4 Å². The standard InChI is InChI=1S/C27H32N4O2/c1-26(2)10-8-19(9-11-26)21-13-20(27(33)14-17-4-5-18(12-17)15-27)6-7-22(21)30-25(32)24-29-16-23(28-3)31-24/h6-8,13,16-18,33H,4-5,9-12,14-15H2,1-2H3,(H,29,31)(H,30,32). The molecule has 6 heteroatoms. The van der Waals surface area contributed by atoms with Crippen LogP contribution in [-0.4, -0.2) is 21.0 Å². The molecular formula is C27H32N4O2. The van der Waals surface area contributed by atoms with Gasteiger partial charge in [-0.1, -0.05) is 45.4 Å². The Bertz CT molecular complexity index is 1140. The van der Waals surface area contributed by atoms with Crippen LogP contribution < -0.4 is 5.32 Å². The van der Waals surface area contributed by atoms with Gasteiger partial charge in [0.2, 0.25) is 5.82 Å². The van der Waals surface area contributed by atoms with Crippen molar-refractivity contribution in [3.63, 3.8) is 0 Å². The Hall–Kier alpha value is -2.91. The minimum absolute atomic E-state index is 0.122. The second-order valence-electron chi connectivity index (χ2n) is 11.0. The highest BCUT2D eigenvalue weighted by Gasteiger charge is 2.44. The average Bonchev–Trinajstić information content (AvgIpc) is 3.40. The quantitative estimate of drug-likeness (QED) is 0.491. The first kappa shape index (κ1) is 21.9. The highest BCUT2D eigenvalue weighted by atomic mass is 16.3. The first-order valence-electron chi connectivity index (χ1n) is 12.0. The van der Waals surface area contributed by atoms with Gasteiger partial charge in [0.25, 0.3) is 5.82 Å². The van der Waals surface area contributed by atoms with Gasteiger partial charge in [0, 0.05) is 11.3 Å². The van der Waals surface area contributed by atoms with Crippen LogP contribution in [-0.2, 0) is 5.60 Å². The summed E-state index contributed by atoms with van der Waals surface area (Å²) in [4.78, 5) is 22.9. The van der Waals surface area contributed by atoms with E-state index in [0.29, 0.717) is 11.8 Å². The molecule has 2 saturated carbocycles. The summed E-state index contributed by atoms with van der Waals surface area (Å²) in [5.74, 6) is 1.22. The number of imidazole rings is 1. The Morgan fingerprint density at radius 2 is 2.03 bits per heavy atom. The van der Waals surface area contributed by atoms with E-state index in [4.69, 9.17) is 6.57 Å². The van der Waals surface area contributed by atoms with Crippen LogP contribution in [0.5, 0.6) is 0 Å². The van der Waals surface area contributed by atoms with Gasteiger partial charge in [0.1, 0.15) is 0 Å². The molecule has 2 aromatic rings. The van der Waals surface area contributed by atoms with Crippen LogP contribution in [0.2, 0.25) is 0 Å². The first-order chi connectivity index (χ1) is 15.7. The third-order valence-electron chi connectivity index (χ3n) is 7.92. The lowest BCUT2D eigenvalue weighted by molar-refractivity contribution is -0.0255. The second-order valence-corrected chi connectivity index (χ2v) is 11.0. The molecule has 1 heterocycles. The molecule has 172 valence electrons. The van der Waals surface area contributed by atoms with Crippen molar-refractivity contribution in [2.45, 2.75) is 70.8 Å². The smallest absolute Gasteiger partial charge is 0.314 e. The number of H-pyrrole nitrogens is 1. The molecule has 0 aliphatic heterocycles. The first-order valence-corrected chi connectivity index (χ1v) is 12.0. The van der Waals surface area contributed by atoms with Crippen molar-refractivity contribution < 1.29 is 9.90 Å². The second kappa shape index (κ2) is 8.14. The van der Waals surface area contributed by atoms with Crippen LogP contribution in [0.1, 0.15) is 87.0 Å². The Morgan fingerprint density at radius 3 is 2.67 bits per heavy atom. The molecule has 1 aromatic carbocycles. The van der Waals surface area contributed by atoms with Crippen molar-refractivity contribution in [1.82, 2.24) is 9.97 Å². The summed E-state index contributed by atoms with van der Waals surface area (Å²) in [5.41, 5.74) is 3.37. The Labute approximate surface area is 195 Å². The molecule has 2 fully saturated rings. The number of nitrogens with one attached hydrogen (secondary N) is 2. The Morgan fingerprint density at radius 1 is 1.27 bits per heavy atom. The number of nitrogens with zero attached hydrogens (tertiary/aromatic N) is 2. The van der Waals surface area contributed by atoms with Crippen molar-refractivity contribution in [3.8, 4) is 0 Å². The fourth-order valence-electron chi connectivity index (χ4n) is 6.02. The number of carbonyl (C=O) groups excluding carboxylic acids is 1. The van der Waals surface area contributed by atoms with Crippen LogP contribution in [0.25, 0.3) is 10.4 Å². The van der Waals surface area contributed by atoms with Gasteiger partial charge >= 0.3 is 5.91 Å². The highest BCUT2D eigenvalue weighted by molar-refractivity contribution is 6.03. The van der Waals surface area contributed by atoms with E-state index in [1.54, 1.807) is 0 Å². The number of anilines is 1. The van der Waals surface area contributed by atoms with Crippen LogP contribution in [0.3, 0.4) is 0 Å². The molecule has 6 nitrogen and oxygen atoms in total. The summed E-state index contributed by atoms with van der Waals surface area (Å²) in [7, 11) is 0. The maximum atomic E-state index is 12.8. The van der Waals surface area contributed by atoms with Crippen molar-refractivity contribution in [1.29, 1.82) is 0 Å². The van der Waals surface area contributed by atoms with Gasteiger partial charge in [-0.05, 0) is 79.0 Å². The van der Waals surface area contributed by atoms with Crippen LogP contribution >= 0.6 is 0 Å². The third kappa shape index (κ3) is 4.35. The molecule has 2 atom stereocenters. The molecule has 33 heavy (non-hydrogen) atoms. The number of hydrogen-bond acceptors (Lipinski definition) is 3. The van der Waals surface area contributed by atoms with Crippen molar-refractivity contribution in [3.05, 3.63) is 58.8 Å². The third-order valence-corrected chi connectivity index (χ3v) is 7.92. The number of benzene rings is 1. The number of fused-ring (bicyclic) bond motifs is 2. The largest absolute Gasteiger partial charge is 0.385 e. The molecule has 0 saturated heterocycles. The van der Waals surface area contributed by atoms with E-state index in [0.717, 1.165) is 48.9 Å². The molecule has 5 rings (SSSR count). The maximum Gasteiger partial charge on any atom is 0.314 e. The molecule has 1 aromatic heterocycles. The van der Waals surface area contributed by atoms with Crippen LogP contribution in [0.15, 0.2) is 30.5 Å². The van der Waals surface area contributed by atoms with Crippen molar-refractivity contribution in [2.24, 2.45) is 17.3 Å². The van der Waals surface area contributed by atoms with E-state index in [2.05, 4.69) is 46.1 Å². The number of rotatable bonds is 4. The van der Waals surface area contributed by atoms with E-state index >= 15 is 0 Å². The molecule has 1 amide bonds. The Kier molecular flexibility index (Phi) is 5.41. The number of carbonyl (C=O) groups is 1. The van der Waals surface area contributed by atoms with Crippen molar-refractivity contribution >= 4 is 23.0 Å². The van der Waals surface area contributed by atoms with Gasteiger partial charge in [-0.25, -0.2) is 4.98 Å². The number of aliphatic hydroxyl groups is 1. The maximum absolute atomic E-state index is 12.8. The predicted octanol–water partition coefficient (Wildman–Crippen LogP) is 6.20. The van der Waals surface area contributed by atoms with Gasteiger partial charge in [0.05, 0.1) is 11.8 Å². The van der Waals surface area contributed by atoms with E-state index in [1.807, 2.05) is 12.1 Å². The monoisotopic (exact) mass is 444 g/mol. The van der Waals surface area contributed by atoms with E-state index in [-0.39, 0.29) is 23.0 Å². The SMILES string of the molecule is [C-]#[N+]c1cnc(C(=O)Nc2ccc(C3(O)CC4CCC(C4)C3)cc2C2=CCC(C)(C)CC2)[nH]1. The van der Waals surface area contributed by atoms with Gasteiger partial charge in [-0.2, -0.15) is 0 Å². The zero-order chi connectivity index (χ0) is 23.2. The average molecular weight is 445 g/mol. The summed E-state index contributed by atoms with van der Waals surface area (Å²) in [6.45, 7) is 11.6. The molecule has 3 N–H and O–H groups in total. The molecule has 3 aliphatic carbocycles. The molecule has 0 spiro atoms. The Balaban J connectivity index is 1.49. The van der Waals surface area contributed by atoms with Gasteiger partial charge < -0.3 is 15.3 Å². The van der Waals surface area contributed by atoms with Crippen LogP contribution in [0.4, 0.5) is 11.5 Å². The van der Waals surface area contributed by atoms with Gasteiger partial charge in [-0.15, -0.1) is 0 Å². The summed E-state index contributed by atoms with van der Waals surface area (Å²) in [6.07, 6.45) is 12.0. The van der Waals surface area contributed by atoms with E-state index in [1.165, 1.54) is 31.0 Å². The fraction of sp³-hybridized carbons (Fsp3) is 0.519. The number of aromatic amines is 1. The summed E-state index contributed by atoms with van der Waals surface area (Å²) in [5, 5.41) is 14.7. The lowest BCUT2D eigenvalue weighted by Gasteiger charge is -2.37. The zero-order valence-corrected chi connectivity index (χ0v) is 19.4. The number of amides is 1. The lowest BCUT2D eigenvalue weighted by atomic mass is 9.72. The highest BCUT2D eigenvalue weighted by Crippen LogP contribution is 2.51. The summed E-state index contributed by atoms with van der Waals surface area (Å²) >= 11 is 0. The van der Waals surface area contributed by atoms with E-state index < -0.39 is 5.60 Å². The minimum atomic E-state index is -0.790. The fourth-order valence-corrected chi connectivity index (χ4v) is 6.02. The number of aromatic nitrogens is 2. The van der Waals surface area contributed by atoms with E-state index in [9.17, 15) is 9.90 Å². The summed E-state index contributed by atoms with van der Waals surface area (Å²) in [6, 6.07) is 6.01. The van der Waals surface area contributed by atoms with Crippen molar-refractivity contribution in [2.75, 3.05) is 5.32 Å². The number of allylic oxidation sites excluding steroid dienone is 2. The number of hydrogen-bond donors (Lipinski definition) is 3. The predicted molar refractivity (Wildman–Crippen MR) is 129 cm³/mol. The normalized spacial score (nSPS) is 28.1. The molecule has 2 bridgehead atoms. The molecule has 2 unspecified atom stereocenters. The summed E-state index contributed by atoms with van der Waals surface area (Å²) < 4.78 is 0. The van der Waals surface area contributed by atoms with Crippen LogP contribution in [0, 0.1) is 23.8 Å². The lowest BCUT2D eigenvalue weighted by Crippen LogP contribution is -2.33.